The van der Waals surface area contributed by atoms with Crippen LogP contribution >= 0.6 is 15.9 Å². The molecule has 27 heavy (non-hydrogen) atoms. The van der Waals surface area contributed by atoms with Crippen LogP contribution in [-0.2, 0) is 0 Å². The minimum Gasteiger partial charge on any atom is -0.456 e. The molecule has 0 N–H and O–H groups in total. The predicted molar refractivity (Wildman–Crippen MR) is 115 cm³/mol. The standard InChI is InChI=1S/C23H19BrN2O/c1-26(2)19-11-9-18(10-12-19)25-21-15-23(16-6-4-3-5-7-16)27-22-13-8-17(24)14-20(21)22/h3-15H,1-2H3. The van der Waals surface area contributed by atoms with Gasteiger partial charge < -0.3 is 9.32 Å². The number of benzene rings is 3. The molecule has 0 spiro atoms. The average molecular weight is 419 g/mol. The lowest BCUT2D eigenvalue weighted by molar-refractivity contribution is 0.618. The second kappa shape index (κ2) is 7.41. The Balaban J connectivity index is 1.93. The first-order chi connectivity index (χ1) is 13.1. The Labute approximate surface area is 166 Å². The van der Waals surface area contributed by atoms with Gasteiger partial charge >= 0.3 is 0 Å². The minimum absolute atomic E-state index is 0.800. The van der Waals surface area contributed by atoms with Gasteiger partial charge in [-0.05, 0) is 42.5 Å². The van der Waals surface area contributed by atoms with Crippen molar-refractivity contribution in [1.29, 1.82) is 0 Å². The third kappa shape index (κ3) is 3.81. The van der Waals surface area contributed by atoms with Gasteiger partial charge in [0.25, 0.3) is 0 Å². The highest BCUT2D eigenvalue weighted by Crippen LogP contribution is 2.25. The van der Waals surface area contributed by atoms with Gasteiger partial charge in [0, 0.05) is 41.3 Å². The summed E-state index contributed by atoms with van der Waals surface area (Å²) in [4.78, 5) is 6.97. The largest absolute Gasteiger partial charge is 0.456 e. The Bertz CT molecular complexity index is 1150. The molecule has 4 rings (SSSR count). The highest BCUT2D eigenvalue weighted by atomic mass is 79.9. The van der Waals surface area contributed by atoms with Crippen LogP contribution in [0.15, 0.2) is 92.7 Å². The number of hydrogen-bond donors (Lipinski definition) is 0. The van der Waals surface area contributed by atoms with Crippen molar-refractivity contribution in [2.75, 3.05) is 19.0 Å². The summed E-state index contributed by atoms with van der Waals surface area (Å²) in [5, 5.41) is 1.86. The SMILES string of the molecule is CN(C)c1ccc(N=c2cc(-c3ccccc3)oc3ccc(Br)cc23)cc1. The fourth-order valence-corrected chi connectivity index (χ4v) is 3.30. The molecule has 0 aliphatic heterocycles. The molecule has 3 nitrogen and oxygen atoms in total. The van der Waals surface area contributed by atoms with E-state index in [0.29, 0.717) is 0 Å². The van der Waals surface area contributed by atoms with E-state index in [1.54, 1.807) is 0 Å². The van der Waals surface area contributed by atoms with Crippen LogP contribution in [0.2, 0.25) is 0 Å². The fraction of sp³-hybridized carbons (Fsp3) is 0.0870. The number of halogens is 1. The summed E-state index contributed by atoms with van der Waals surface area (Å²) < 4.78 is 7.14. The van der Waals surface area contributed by atoms with Gasteiger partial charge in [0.2, 0.25) is 0 Å². The average Bonchev–Trinajstić information content (AvgIpc) is 2.69. The topological polar surface area (TPSA) is 28.7 Å². The molecule has 134 valence electrons. The van der Waals surface area contributed by atoms with E-state index in [-0.39, 0.29) is 0 Å². The quantitative estimate of drug-likeness (QED) is 0.398. The maximum atomic E-state index is 6.14. The Kier molecular flexibility index (Phi) is 4.82. The predicted octanol–water partition coefficient (Wildman–Crippen LogP) is 6.16. The summed E-state index contributed by atoms with van der Waals surface area (Å²) in [7, 11) is 4.06. The molecule has 1 heterocycles. The van der Waals surface area contributed by atoms with Gasteiger partial charge in [-0.2, -0.15) is 0 Å². The molecule has 0 saturated carbocycles. The highest BCUT2D eigenvalue weighted by Gasteiger charge is 2.07. The lowest BCUT2D eigenvalue weighted by Gasteiger charge is -2.11. The molecule has 0 unspecified atom stereocenters. The zero-order valence-electron chi connectivity index (χ0n) is 15.2. The maximum absolute atomic E-state index is 6.14. The van der Waals surface area contributed by atoms with Gasteiger partial charge in [0.15, 0.2) is 0 Å². The minimum atomic E-state index is 0.800. The molecular weight excluding hydrogens is 400 g/mol. The molecule has 0 atom stereocenters. The third-order valence-corrected chi connectivity index (χ3v) is 4.87. The van der Waals surface area contributed by atoms with Crippen LogP contribution in [0, 0.1) is 0 Å². The summed E-state index contributed by atoms with van der Waals surface area (Å²) in [6.07, 6.45) is 0. The van der Waals surface area contributed by atoms with Gasteiger partial charge in [-0.1, -0.05) is 46.3 Å². The first-order valence-corrected chi connectivity index (χ1v) is 9.50. The van der Waals surface area contributed by atoms with E-state index in [2.05, 4.69) is 33.0 Å². The monoisotopic (exact) mass is 418 g/mol. The van der Waals surface area contributed by atoms with Crippen LogP contribution < -0.4 is 10.3 Å². The van der Waals surface area contributed by atoms with E-state index >= 15 is 0 Å². The normalized spacial score (nSPS) is 11.7. The van der Waals surface area contributed by atoms with Crippen LogP contribution in [0.3, 0.4) is 0 Å². The van der Waals surface area contributed by atoms with Crippen molar-refractivity contribution in [1.82, 2.24) is 0 Å². The van der Waals surface area contributed by atoms with Gasteiger partial charge in [-0.25, -0.2) is 4.99 Å². The fourth-order valence-electron chi connectivity index (χ4n) is 2.94. The van der Waals surface area contributed by atoms with E-state index in [0.717, 1.165) is 43.5 Å². The Morgan fingerprint density at radius 3 is 2.30 bits per heavy atom. The van der Waals surface area contributed by atoms with E-state index in [1.807, 2.05) is 80.8 Å². The zero-order chi connectivity index (χ0) is 18.8. The zero-order valence-corrected chi connectivity index (χ0v) is 16.8. The van der Waals surface area contributed by atoms with Crippen molar-refractivity contribution in [3.8, 4) is 11.3 Å². The van der Waals surface area contributed by atoms with Crippen molar-refractivity contribution < 1.29 is 4.42 Å². The molecule has 4 heteroatoms. The lowest BCUT2D eigenvalue weighted by atomic mass is 10.1. The van der Waals surface area contributed by atoms with Gasteiger partial charge in [-0.3, -0.25) is 0 Å². The van der Waals surface area contributed by atoms with Crippen molar-refractivity contribution >= 4 is 38.3 Å². The van der Waals surface area contributed by atoms with E-state index in [9.17, 15) is 0 Å². The molecule has 0 fully saturated rings. The van der Waals surface area contributed by atoms with Crippen LogP contribution in [0.5, 0.6) is 0 Å². The Hall–Kier alpha value is -2.85. The number of fused-ring (bicyclic) bond motifs is 1. The third-order valence-electron chi connectivity index (χ3n) is 4.38. The first-order valence-electron chi connectivity index (χ1n) is 8.71. The molecule has 1 aromatic heterocycles. The first kappa shape index (κ1) is 17.6. The van der Waals surface area contributed by atoms with E-state index in [4.69, 9.17) is 9.41 Å². The molecule has 0 radical (unpaired) electrons. The second-order valence-electron chi connectivity index (χ2n) is 6.53. The van der Waals surface area contributed by atoms with Crippen LogP contribution in [0.4, 0.5) is 11.4 Å². The number of rotatable bonds is 3. The number of anilines is 1. The number of nitrogens with zero attached hydrogens (tertiary/aromatic N) is 2. The number of hydrogen-bond acceptors (Lipinski definition) is 3. The van der Waals surface area contributed by atoms with Crippen molar-refractivity contribution in [2.45, 2.75) is 0 Å². The van der Waals surface area contributed by atoms with E-state index in [1.165, 1.54) is 0 Å². The molecular formula is C23H19BrN2O. The Morgan fingerprint density at radius 1 is 0.852 bits per heavy atom. The van der Waals surface area contributed by atoms with Gasteiger partial charge in [0.1, 0.15) is 11.3 Å². The van der Waals surface area contributed by atoms with Crippen LogP contribution in [0.25, 0.3) is 22.3 Å². The molecule has 3 aromatic carbocycles. The maximum Gasteiger partial charge on any atom is 0.136 e. The summed E-state index contributed by atoms with van der Waals surface area (Å²) >= 11 is 3.55. The van der Waals surface area contributed by atoms with Gasteiger partial charge in [-0.15, -0.1) is 0 Å². The van der Waals surface area contributed by atoms with E-state index < -0.39 is 0 Å². The summed E-state index contributed by atoms with van der Waals surface area (Å²) in [6, 6.07) is 26.3. The van der Waals surface area contributed by atoms with Gasteiger partial charge in [0.05, 0.1) is 11.0 Å². The molecule has 0 amide bonds. The van der Waals surface area contributed by atoms with Crippen LogP contribution in [0.1, 0.15) is 0 Å². The van der Waals surface area contributed by atoms with Crippen LogP contribution in [-0.4, -0.2) is 14.1 Å². The van der Waals surface area contributed by atoms with Crippen molar-refractivity contribution in [3.05, 3.63) is 88.7 Å². The molecule has 0 saturated heterocycles. The molecule has 4 aromatic rings. The molecule has 0 bridgehead atoms. The second-order valence-corrected chi connectivity index (χ2v) is 7.44. The van der Waals surface area contributed by atoms with Crippen molar-refractivity contribution in [2.24, 2.45) is 4.99 Å². The summed E-state index contributed by atoms with van der Waals surface area (Å²) in [5.41, 5.74) is 3.90. The smallest absolute Gasteiger partial charge is 0.136 e. The summed E-state index contributed by atoms with van der Waals surface area (Å²) in [6.45, 7) is 0. The molecule has 0 aliphatic rings. The lowest BCUT2D eigenvalue weighted by Crippen LogP contribution is -2.08. The molecule has 0 aliphatic carbocycles. The highest BCUT2D eigenvalue weighted by molar-refractivity contribution is 9.10. The summed E-state index contributed by atoms with van der Waals surface area (Å²) in [5.74, 6) is 0.800. The van der Waals surface area contributed by atoms with Crippen molar-refractivity contribution in [3.63, 3.8) is 0 Å². The Morgan fingerprint density at radius 2 is 1.59 bits per heavy atom.